The summed E-state index contributed by atoms with van der Waals surface area (Å²) in [6, 6.07) is 11.1. The normalized spacial score (nSPS) is 14.2. The van der Waals surface area contributed by atoms with Crippen molar-refractivity contribution in [1.29, 1.82) is 0 Å². The van der Waals surface area contributed by atoms with Crippen LogP contribution in [0.2, 0.25) is 0 Å². The number of aromatic nitrogens is 2. The molecule has 1 N–H and O–H groups in total. The molecule has 0 fully saturated rings. The van der Waals surface area contributed by atoms with E-state index in [1.54, 1.807) is 12.1 Å². The van der Waals surface area contributed by atoms with Crippen molar-refractivity contribution in [3.05, 3.63) is 59.4 Å². The largest absolute Gasteiger partial charge is 0.370 e. The number of fused-ring (bicyclic) bond motifs is 2. The van der Waals surface area contributed by atoms with Crippen molar-refractivity contribution in [2.45, 2.75) is 37.6 Å². The van der Waals surface area contributed by atoms with Gasteiger partial charge in [-0.25, -0.2) is 13.4 Å². The minimum Gasteiger partial charge on any atom is -0.370 e. The number of benzene rings is 1. The highest BCUT2D eigenvalue weighted by Crippen LogP contribution is 2.33. The van der Waals surface area contributed by atoms with Crippen LogP contribution in [0.4, 0.5) is 5.69 Å². The molecule has 2 aromatic heterocycles. The molecular formula is C20H21N3O2S. The Bertz CT molecular complexity index is 1060. The minimum absolute atomic E-state index is 0.0931. The molecule has 1 aliphatic rings. The monoisotopic (exact) mass is 367 g/mol. The molecule has 0 amide bonds. The van der Waals surface area contributed by atoms with Gasteiger partial charge in [0, 0.05) is 23.0 Å². The second kappa shape index (κ2) is 6.68. The Morgan fingerprint density at radius 1 is 1.12 bits per heavy atom. The number of pyridine rings is 2. The minimum atomic E-state index is -3.50. The molecule has 5 nitrogen and oxygen atoms in total. The molecule has 0 aliphatic heterocycles. The Morgan fingerprint density at radius 2 is 1.96 bits per heavy atom. The van der Waals surface area contributed by atoms with Gasteiger partial charge in [0.15, 0.2) is 5.03 Å². The van der Waals surface area contributed by atoms with Crippen LogP contribution in [0, 0.1) is 6.92 Å². The van der Waals surface area contributed by atoms with Crippen molar-refractivity contribution in [2.24, 2.45) is 0 Å². The van der Waals surface area contributed by atoms with E-state index in [1.807, 2.05) is 19.1 Å². The third-order valence-corrected chi connectivity index (χ3v) is 6.22. The van der Waals surface area contributed by atoms with Crippen LogP contribution in [0.25, 0.3) is 10.9 Å². The van der Waals surface area contributed by atoms with E-state index in [0.29, 0.717) is 0 Å². The second-order valence-corrected chi connectivity index (χ2v) is 8.68. The van der Waals surface area contributed by atoms with E-state index in [0.717, 1.165) is 59.1 Å². The van der Waals surface area contributed by atoms with Crippen LogP contribution >= 0.6 is 0 Å². The van der Waals surface area contributed by atoms with E-state index >= 15 is 0 Å². The number of nitrogens with one attached hydrogen (secondary N) is 1. The summed E-state index contributed by atoms with van der Waals surface area (Å²) >= 11 is 0. The highest BCUT2D eigenvalue weighted by Gasteiger charge is 2.21. The zero-order chi connectivity index (χ0) is 18.1. The van der Waals surface area contributed by atoms with Crippen LogP contribution in [0.15, 0.2) is 47.6 Å². The molecule has 0 saturated carbocycles. The maximum absolute atomic E-state index is 12.6. The van der Waals surface area contributed by atoms with Gasteiger partial charge in [-0.2, -0.15) is 0 Å². The second-order valence-electron chi connectivity index (χ2n) is 6.74. The molecule has 0 bridgehead atoms. The van der Waals surface area contributed by atoms with Gasteiger partial charge < -0.3 is 5.32 Å². The lowest BCUT2D eigenvalue weighted by atomic mass is 9.92. The summed E-state index contributed by atoms with van der Waals surface area (Å²) in [6.45, 7) is 2.04. The molecular weight excluding hydrogens is 346 g/mol. The molecule has 0 atom stereocenters. The topological polar surface area (TPSA) is 72.0 Å². The molecule has 26 heavy (non-hydrogen) atoms. The SMILES string of the molecule is Cc1ccc2c(NCS(=O)(=O)c3ccccn3)c3c(nc2c1)CCCC3. The summed E-state index contributed by atoms with van der Waals surface area (Å²) in [7, 11) is -3.50. The number of rotatable bonds is 4. The number of hydrogen-bond acceptors (Lipinski definition) is 5. The van der Waals surface area contributed by atoms with E-state index in [-0.39, 0.29) is 10.9 Å². The lowest BCUT2D eigenvalue weighted by Crippen LogP contribution is -2.18. The fourth-order valence-corrected chi connectivity index (χ4v) is 4.50. The van der Waals surface area contributed by atoms with Crippen molar-refractivity contribution < 1.29 is 8.42 Å². The standard InChI is InChI=1S/C20H21N3O2S/c1-14-9-10-16-18(12-14)23-17-7-3-2-6-15(17)20(16)22-13-26(24,25)19-8-4-5-11-21-19/h4-5,8-12H,2-3,6-7,13H2,1H3,(H,22,23). The predicted octanol–water partition coefficient (Wildman–Crippen LogP) is 3.66. The molecule has 0 unspecified atom stereocenters. The quantitative estimate of drug-likeness (QED) is 0.762. The van der Waals surface area contributed by atoms with Crippen LogP contribution in [0.5, 0.6) is 0 Å². The van der Waals surface area contributed by atoms with E-state index in [4.69, 9.17) is 4.98 Å². The lowest BCUT2D eigenvalue weighted by Gasteiger charge is -2.22. The van der Waals surface area contributed by atoms with Gasteiger partial charge in [0.2, 0.25) is 9.84 Å². The zero-order valence-corrected chi connectivity index (χ0v) is 15.5. The number of aryl methyl sites for hydroxylation is 2. The Morgan fingerprint density at radius 3 is 2.77 bits per heavy atom. The van der Waals surface area contributed by atoms with Crippen molar-refractivity contribution >= 4 is 26.4 Å². The summed E-state index contributed by atoms with van der Waals surface area (Å²) in [6.07, 6.45) is 5.61. The Kier molecular flexibility index (Phi) is 4.36. The Labute approximate surface area is 153 Å². The lowest BCUT2D eigenvalue weighted by molar-refractivity contribution is 0.594. The fraction of sp³-hybridized carbons (Fsp3) is 0.300. The molecule has 6 heteroatoms. The van der Waals surface area contributed by atoms with Crippen LogP contribution < -0.4 is 5.32 Å². The van der Waals surface area contributed by atoms with Gasteiger partial charge in [0.05, 0.1) is 5.52 Å². The first-order valence-electron chi connectivity index (χ1n) is 8.84. The average molecular weight is 367 g/mol. The van der Waals surface area contributed by atoms with Gasteiger partial charge in [-0.1, -0.05) is 18.2 Å². The number of hydrogen-bond donors (Lipinski definition) is 1. The summed E-state index contributed by atoms with van der Waals surface area (Å²) < 4.78 is 25.2. The molecule has 3 aromatic rings. The third-order valence-electron chi connectivity index (χ3n) is 4.81. The molecule has 1 aliphatic carbocycles. The van der Waals surface area contributed by atoms with Gasteiger partial charge in [0.1, 0.15) is 5.88 Å². The van der Waals surface area contributed by atoms with Crippen molar-refractivity contribution in [2.75, 3.05) is 11.2 Å². The van der Waals surface area contributed by atoms with Gasteiger partial charge in [-0.15, -0.1) is 0 Å². The van der Waals surface area contributed by atoms with Crippen LogP contribution in [-0.2, 0) is 22.7 Å². The highest BCUT2D eigenvalue weighted by molar-refractivity contribution is 7.91. The van der Waals surface area contributed by atoms with Crippen LogP contribution in [0.3, 0.4) is 0 Å². The molecule has 134 valence electrons. The number of anilines is 1. The zero-order valence-electron chi connectivity index (χ0n) is 14.7. The summed E-state index contributed by atoms with van der Waals surface area (Å²) in [5, 5.41) is 4.28. The molecule has 4 rings (SSSR count). The van der Waals surface area contributed by atoms with E-state index in [1.165, 1.54) is 12.3 Å². The molecule has 2 heterocycles. The molecule has 0 radical (unpaired) electrons. The van der Waals surface area contributed by atoms with Crippen molar-refractivity contribution in [3.8, 4) is 0 Å². The van der Waals surface area contributed by atoms with E-state index < -0.39 is 9.84 Å². The highest BCUT2D eigenvalue weighted by atomic mass is 32.2. The first kappa shape index (κ1) is 17.0. The fourth-order valence-electron chi connectivity index (χ4n) is 3.51. The van der Waals surface area contributed by atoms with Crippen molar-refractivity contribution in [3.63, 3.8) is 0 Å². The van der Waals surface area contributed by atoms with E-state index in [2.05, 4.69) is 16.4 Å². The number of nitrogens with zero attached hydrogens (tertiary/aromatic N) is 2. The molecule has 0 spiro atoms. The van der Waals surface area contributed by atoms with Gasteiger partial charge in [0.25, 0.3) is 0 Å². The van der Waals surface area contributed by atoms with Crippen LogP contribution in [-0.4, -0.2) is 24.3 Å². The third kappa shape index (κ3) is 3.17. The van der Waals surface area contributed by atoms with Gasteiger partial charge in [-0.05, 0) is 61.9 Å². The summed E-state index contributed by atoms with van der Waals surface area (Å²) in [5.41, 5.74) is 5.22. The van der Waals surface area contributed by atoms with Gasteiger partial charge in [-0.3, -0.25) is 4.98 Å². The van der Waals surface area contributed by atoms with Crippen molar-refractivity contribution in [1.82, 2.24) is 9.97 Å². The van der Waals surface area contributed by atoms with E-state index in [9.17, 15) is 8.42 Å². The van der Waals surface area contributed by atoms with Gasteiger partial charge >= 0.3 is 0 Å². The summed E-state index contributed by atoms with van der Waals surface area (Å²) in [4.78, 5) is 8.82. The molecule has 0 saturated heterocycles. The average Bonchev–Trinajstić information content (AvgIpc) is 2.65. The smallest absolute Gasteiger partial charge is 0.213 e. The Hall–Kier alpha value is -2.47. The summed E-state index contributed by atoms with van der Waals surface area (Å²) in [5.74, 6) is -0.177. The Balaban J connectivity index is 1.76. The number of sulfone groups is 1. The predicted molar refractivity (Wildman–Crippen MR) is 103 cm³/mol. The first-order valence-corrected chi connectivity index (χ1v) is 10.5. The first-order chi connectivity index (χ1) is 12.5. The molecule has 1 aromatic carbocycles. The van der Waals surface area contributed by atoms with Crippen LogP contribution in [0.1, 0.15) is 29.7 Å². The maximum atomic E-state index is 12.6. The maximum Gasteiger partial charge on any atom is 0.213 e.